The summed E-state index contributed by atoms with van der Waals surface area (Å²) >= 11 is 6.01. The molecule has 26 heavy (non-hydrogen) atoms. The number of aryl methyl sites for hydroxylation is 1. The van der Waals surface area contributed by atoms with Crippen LogP contribution in [0.4, 0.5) is 4.39 Å². The summed E-state index contributed by atoms with van der Waals surface area (Å²) in [6, 6.07) is 4.86. The molecule has 2 aromatic heterocycles. The van der Waals surface area contributed by atoms with Crippen LogP contribution >= 0.6 is 11.6 Å². The van der Waals surface area contributed by atoms with Gasteiger partial charge in [-0.15, -0.1) is 5.10 Å². The van der Waals surface area contributed by atoms with Crippen molar-refractivity contribution in [3.63, 3.8) is 0 Å². The van der Waals surface area contributed by atoms with Crippen molar-refractivity contribution in [1.82, 2.24) is 20.1 Å². The molecule has 0 saturated carbocycles. The van der Waals surface area contributed by atoms with Gasteiger partial charge >= 0.3 is 0 Å². The minimum Gasteiger partial charge on any atom is -0.341 e. The van der Waals surface area contributed by atoms with Crippen LogP contribution in [0.5, 0.6) is 0 Å². The molecule has 0 aliphatic heterocycles. The molecule has 2 rings (SSSR count). The number of allylic oxidation sites excluding steroid dienone is 2. The standard InChI is InChI=1S/C20H24ClFN4/c1-4-8-15-13-19(21)25-24-17(15)14-26(12-6-3)18(9-5-2)20-16(22)10-7-11-23-20/h6-7,9-13H,4-5,8,14H2,1-3H3/b12-6-,18-9+. The van der Waals surface area contributed by atoms with Crippen molar-refractivity contribution in [2.75, 3.05) is 0 Å². The fraction of sp³-hybridized carbons (Fsp3) is 0.350. The monoisotopic (exact) mass is 374 g/mol. The number of rotatable bonds is 8. The van der Waals surface area contributed by atoms with Gasteiger partial charge in [-0.05, 0) is 43.5 Å². The summed E-state index contributed by atoms with van der Waals surface area (Å²) in [4.78, 5) is 6.19. The lowest BCUT2D eigenvalue weighted by Crippen LogP contribution is -2.19. The number of halogens is 2. The zero-order valence-corrected chi connectivity index (χ0v) is 16.2. The van der Waals surface area contributed by atoms with Gasteiger partial charge in [0.25, 0.3) is 0 Å². The molecule has 0 fully saturated rings. The van der Waals surface area contributed by atoms with Crippen molar-refractivity contribution in [2.45, 2.75) is 46.6 Å². The van der Waals surface area contributed by atoms with Crippen LogP contribution in [-0.4, -0.2) is 20.1 Å². The quantitative estimate of drug-likeness (QED) is 0.620. The second-order valence-corrected chi connectivity index (χ2v) is 6.22. The zero-order chi connectivity index (χ0) is 18.9. The molecule has 0 saturated heterocycles. The van der Waals surface area contributed by atoms with Gasteiger partial charge in [0.15, 0.2) is 11.0 Å². The Morgan fingerprint density at radius 3 is 2.77 bits per heavy atom. The van der Waals surface area contributed by atoms with Crippen molar-refractivity contribution in [3.8, 4) is 0 Å². The zero-order valence-electron chi connectivity index (χ0n) is 15.4. The van der Waals surface area contributed by atoms with E-state index in [9.17, 15) is 4.39 Å². The Hall–Kier alpha value is -2.27. The van der Waals surface area contributed by atoms with E-state index in [0.717, 1.165) is 30.5 Å². The average Bonchev–Trinajstić information content (AvgIpc) is 2.62. The van der Waals surface area contributed by atoms with Crippen LogP contribution < -0.4 is 0 Å². The van der Waals surface area contributed by atoms with Crippen LogP contribution in [0, 0.1) is 5.82 Å². The van der Waals surface area contributed by atoms with Crippen LogP contribution in [0.2, 0.25) is 5.15 Å². The lowest BCUT2D eigenvalue weighted by molar-refractivity contribution is 0.497. The third-order valence-electron chi connectivity index (χ3n) is 3.81. The van der Waals surface area contributed by atoms with E-state index in [4.69, 9.17) is 11.6 Å². The van der Waals surface area contributed by atoms with E-state index in [1.165, 1.54) is 6.07 Å². The Balaban J connectivity index is 2.45. The highest BCUT2D eigenvalue weighted by Gasteiger charge is 2.17. The largest absolute Gasteiger partial charge is 0.341 e. The van der Waals surface area contributed by atoms with Gasteiger partial charge in [-0.1, -0.05) is 44.0 Å². The van der Waals surface area contributed by atoms with Crippen LogP contribution in [0.15, 0.2) is 42.7 Å². The topological polar surface area (TPSA) is 41.9 Å². The number of hydrogen-bond acceptors (Lipinski definition) is 4. The van der Waals surface area contributed by atoms with Gasteiger partial charge in [0.1, 0.15) is 5.69 Å². The van der Waals surface area contributed by atoms with Crippen LogP contribution in [0.1, 0.15) is 50.6 Å². The molecule has 6 heteroatoms. The van der Waals surface area contributed by atoms with Gasteiger partial charge in [0, 0.05) is 12.4 Å². The summed E-state index contributed by atoms with van der Waals surface area (Å²) in [5, 5.41) is 8.65. The average molecular weight is 375 g/mol. The summed E-state index contributed by atoms with van der Waals surface area (Å²) in [6.45, 7) is 6.50. The third-order valence-corrected chi connectivity index (χ3v) is 3.99. The number of nitrogens with zero attached hydrogens (tertiary/aromatic N) is 4. The molecule has 138 valence electrons. The van der Waals surface area contributed by atoms with E-state index in [-0.39, 0.29) is 5.82 Å². The SMILES string of the molecule is C/C=C\N(Cc1nnc(Cl)cc1CCC)/C(=C/CC)c1ncccc1F. The maximum atomic E-state index is 14.4. The lowest BCUT2D eigenvalue weighted by Gasteiger charge is -2.24. The van der Waals surface area contributed by atoms with Crippen LogP contribution in [0.25, 0.3) is 5.70 Å². The molecule has 0 bridgehead atoms. The van der Waals surface area contributed by atoms with Crippen LogP contribution in [0.3, 0.4) is 0 Å². The Morgan fingerprint density at radius 1 is 1.31 bits per heavy atom. The Bertz CT molecular complexity index is 789. The smallest absolute Gasteiger partial charge is 0.152 e. The second kappa shape index (κ2) is 10.0. The highest BCUT2D eigenvalue weighted by Crippen LogP contribution is 2.24. The highest BCUT2D eigenvalue weighted by atomic mass is 35.5. The predicted molar refractivity (Wildman–Crippen MR) is 104 cm³/mol. The minimum atomic E-state index is -0.349. The van der Waals surface area contributed by atoms with E-state index in [2.05, 4.69) is 22.1 Å². The van der Waals surface area contributed by atoms with Crippen molar-refractivity contribution in [1.29, 1.82) is 0 Å². The molecular formula is C20H24ClFN4. The summed E-state index contributed by atoms with van der Waals surface area (Å²) in [6.07, 6.45) is 9.97. The maximum Gasteiger partial charge on any atom is 0.152 e. The molecule has 4 nitrogen and oxygen atoms in total. The van der Waals surface area contributed by atoms with Gasteiger partial charge in [-0.25, -0.2) is 4.39 Å². The van der Waals surface area contributed by atoms with Gasteiger partial charge in [-0.2, -0.15) is 5.10 Å². The van der Waals surface area contributed by atoms with E-state index in [1.807, 2.05) is 43.2 Å². The number of aromatic nitrogens is 3. The van der Waals surface area contributed by atoms with E-state index < -0.39 is 0 Å². The van der Waals surface area contributed by atoms with E-state index in [0.29, 0.717) is 23.1 Å². The molecule has 0 unspecified atom stereocenters. The highest BCUT2D eigenvalue weighted by molar-refractivity contribution is 6.29. The van der Waals surface area contributed by atoms with Gasteiger partial charge in [0.2, 0.25) is 0 Å². The summed E-state index contributed by atoms with van der Waals surface area (Å²) < 4.78 is 14.4. The first-order valence-corrected chi connectivity index (χ1v) is 9.19. The molecule has 0 N–H and O–H groups in total. The molecular weight excluding hydrogens is 351 g/mol. The molecule has 0 aliphatic carbocycles. The first-order valence-electron chi connectivity index (χ1n) is 8.82. The van der Waals surface area contributed by atoms with Crippen molar-refractivity contribution >= 4 is 17.3 Å². The summed E-state index contributed by atoms with van der Waals surface area (Å²) in [5.74, 6) is -0.349. The van der Waals surface area contributed by atoms with Gasteiger partial charge < -0.3 is 4.90 Å². The molecule has 0 aromatic carbocycles. The third kappa shape index (κ3) is 5.11. The minimum absolute atomic E-state index is 0.325. The summed E-state index contributed by atoms with van der Waals surface area (Å²) in [5.41, 5.74) is 2.92. The lowest BCUT2D eigenvalue weighted by atomic mass is 10.1. The molecule has 0 atom stereocenters. The molecule has 0 radical (unpaired) electrons. The van der Waals surface area contributed by atoms with Crippen molar-refractivity contribution in [2.24, 2.45) is 0 Å². The van der Waals surface area contributed by atoms with E-state index in [1.54, 1.807) is 12.3 Å². The van der Waals surface area contributed by atoms with Gasteiger partial charge in [0.05, 0.1) is 17.9 Å². The number of pyridine rings is 1. The predicted octanol–water partition coefficient (Wildman–Crippen LogP) is 5.40. The molecule has 0 aliphatic rings. The molecule has 2 aromatic rings. The Morgan fingerprint density at radius 2 is 2.12 bits per heavy atom. The maximum absolute atomic E-state index is 14.4. The Kier molecular flexibility index (Phi) is 7.73. The fourth-order valence-corrected chi connectivity index (χ4v) is 2.89. The fourth-order valence-electron chi connectivity index (χ4n) is 2.72. The first kappa shape index (κ1) is 20.0. The van der Waals surface area contributed by atoms with Crippen LogP contribution in [-0.2, 0) is 13.0 Å². The number of hydrogen-bond donors (Lipinski definition) is 0. The van der Waals surface area contributed by atoms with Crippen molar-refractivity contribution < 1.29 is 4.39 Å². The second-order valence-electron chi connectivity index (χ2n) is 5.83. The van der Waals surface area contributed by atoms with E-state index >= 15 is 0 Å². The summed E-state index contributed by atoms with van der Waals surface area (Å²) in [7, 11) is 0. The van der Waals surface area contributed by atoms with Gasteiger partial charge in [-0.3, -0.25) is 4.98 Å². The Labute approximate surface area is 159 Å². The molecule has 2 heterocycles. The van der Waals surface area contributed by atoms with Crippen molar-refractivity contribution in [3.05, 3.63) is 70.7 Å². The molecule has 0 spiro atoms. The molecule has 0 amide bonds. The first-order chi connectivity index (χ1) is 12.6. The normalized spacial score (nSPS) is 12.0.